The lowest BCUT2D eigenvalue weighted by atomic mass is 9.94. The zero-order valence-corrected chi connectivity index (χ0v) is 21.8. The second kappa shape index (κ2) is 9.91. The van der Waals surface area contributed by atoms with Gasteiger partial charge in [-0.15, -0.1) is 0 Å². The van der Waals surface area contributed by atoms with Gasteiger partial charge in [0.25, 0.3) is 0 Å². The van der Waals surface area contributed by atoms with Crippen LogP contribution in [0.3, 0.4) is 0 Å². The number of ketones is 1. The van der Waals surface area contributed by atoms with Crippen LogP contribution in [-0.2, 0) is 17.4 Å². The molecule has 0 bridgehead atoms. The molecule has 0 amide bonds. The number of halogens is 5. The molecule has 0 aromatic heterocycles. The van der Waals surface area contributed by atoms with Gasteiger partial charge in [0.05, 0.1) is 17.6 Å². The standard InChI is InChI=1S/C30H27F5N4O/c1-2-23(40)16-27-24-7-4-8-25(32)28(24)36-29(39(27)21-6-3-5-19(15-21)30(33,34)35)37-11-12-38-22(17-37)14-18-13-20(31)9-10-26(18)38/h3-10,13,15,22,27H,2,11-12,14,16-17H2,1H3. The van der Waals surface area contributed by atoms with Crippen molar-refractivity contribution in [1.82, 2.24) is 4.90 Å². The summed E-state index contributed by atoms with van der Waals surface area (Å²) in [6.45, 7) is 3.20. The molecule has 3 aromatic rings. The zero-order valence-electron chi connectivity index (χ0n) is 21.8. The SMILES string of the molecule is CCC(=O)CC1c2cccc(F)c2N=C(N2CCN3c4ccc(F)cc4CC3C2)N1c1cccc(C(F)(F)F)c1. The summed E-state index contributed by atoms with van der Waals surface area (Å²) < 4.78 is 70.3. The number of anilines is 2. The highest BCUT2D eigenvalue weighted by Gasteiger charge is 2.41. The molecule has 1 fully saturated rings. The number of alkyl halides is 3. The number of carbonyl (C=O) groups is 1. The Kier molecular flexibility index (Phi) is 6.51. The molecule has 2 atom stereocenters. The maximum Gasteiger partial charge on any atom is 0.416 e. The normalized spacial score (nSPS) is 20.1. The molecule has 3 aromatic carbocycles. The zero-order chi connectivity index (χ0) is 28.2. The molecule has 6 rings (SSSR count). The Hall–Kier alpha value is -3.95. The van der Waals surface area contributed by atoms with Crippen molar-refractivity contribution in [2.24, 2.45) is 4.99 Å². The minimum Gasteiger partial charge on any atom is -0.364 e. The monoisotopic (exact) mass is 554 g/mol. The molecule has 0 spiro atoms. The molecule has 40 heavy (non-hydrogen) atoms. The van der Waals surface area contributed by atoms with Crippen molar-refractivity contribution in [2.45, 2.75) is 44.4 Å². The summed E-state index contributed by atoms with van der Waals surface area (Å²) in [6.07, 6.45) is -3.75. The van der Waals surface area contributed by atoms with E-state index in [4.69, 9.17) is 4.99 Å². The van der Waals surface area contributed by atoms with Crippen LogP contribution in [0.5, 0.6) is 0 Å². The van der Waals surface area contributed by atoms with Gasteiger partial charge in [-0.25, -0.2) is 13.8 Å². The van der Waals surface area contributed by atoms with Gasteiger partial charge in [-0.1, -0.05) is 25.1 Å². The predicted octanol–water partition coefficient (Wildman–Crippen LogP) is 6.65. The topological polar surface area (TPSA) is 39.2 Å². The average Bonchev–Trinajstić information content (AvgIpc) is 3.29. The van der Waals surface area contributed by atoms with E-state index in [1.807, 2.05) is 4.90 Å². The second-order valence-corrected chi connectivity index (χ2v) is 10.4. The Labute approximate surface area is 228 Å². The summed E-state index contributed by atoms with van der Waals surface area (Å²) in [7, 11) is 0. The van der Waals surface area contributed by atoms with Gasteiger partial charge in [-0.05, 0) is 54.4 Å². The van der Waals surface area contributed by atoms with Gasteiger partial charge in [0.1, 0.15) is 23.1 Å². The number of benzene rings is 3. The number of rotatable bonds is 4. The van der Waals surface area contributed by atoms with Crippen molar-refractivity contribution in [1.29, 1.82) is 0 Å². The maximum absolute atomic E-state index is 15.2. The lowest BCUT2D eigenvalue weighted by Gasteiger charge is -2.46. The van der Waals surface area contributed by atoms with Crippen molar-refractivity contribution in [3.8, 4) is 0 Å². The smallest absolute Gasteiger partial charge is 0.364 e. The van der Waals surface area contributed by atoms with E-state index in [2.05, 4.69) is 4.90 Å². The maximum atomic E-state index is 15.2. The molecule has 5 nitrogen and oxygen atoms in total. The van der Waals surface area contributed by atoms with Crippen LogP contribution in [0.1, 0.15) is 42.5 Å². The molecule has 3 aliphatic rings. The summed E-state index contributed by atoms with van der Waals surface area (Å²) in [5.74, 6) is -0.669. The molecular formula is C30H27F5N4O. The van der Waals surface area contributed by atoms with Crippen molar-refractivity contribution >= 4 is 28.8 Å². The van der Waals surface area contributed by atoms with E-state index in [1.165, 1.54) is 30.3 Å². The van der Waals surface area contributed by atoms with E-state index in [0.717, 1.165) is 23.4 Å². The number of nitrogens with zero attached hydrogens (tertiary/aromatic N) is 4. The molecule has 0 N–H and O–H groups in total. The van der Waals surface area contributed by atoms with Crippen molar-refractivity contribution in [2.75, 3.05) is 29.4 Å². The van der Waals surface area contributed by atoms with Crippen molar-refractivity contribution in [3.63, 3.8) is 0 Å². The van der Waals surface area contributed by atoms with Crippen LogP contribution >= 0.6 is 0 Å². The highest BCUT2D eigenvalue weighted by Crippen LogP contribution is 2.44. The number of guanidine groups is 1. The van der Waals surface area contributed by atoms with Crippen LogP contribution in [0.4, 0.5) is 39.0 Å². The molecule has 10 heteroatoms. The molecule has 0 aliphatic carbocycles. The van der Waals surface area contributed by atoms with Gasteiger partial charge in [0.15, 0.2) is 0 Å². The van der Waals surface area contributed by atoms with E-state index in [-0.39, 0.29) is 41.9 Å². The molecule has 1 saturated heterocycles. The Morgan fingerprint density at radius 2 is 1.82 bits per heavy atom. The third kappa shape index (κ3) is 4.59. The Morgan fingerprint density at radius 1 is 1.02 bits per heavy atom. The average molecular weight is 555 g/mol. The minimum absolute atomic E-state index is 0.0175. The van der Waals surface area contributed by atoms with Crippen LogP contribution in [0.2, 0.25) is 0 Å². The van der Waals surface area contributed by atoms with Crippen LogP contribution in [0, 0.1) is 11.6 Å². The van der Waals surface area contributed by atoms with Crippen LogP contribution in [0.25, 0.3) is 0 Å². The van der Waals surface area contributed by atoms with E-state index >= 15 is 4.39 Å². The van der Waals surface area contributed by atoms with Gasteiger partial charge < -0.3 is 14.7 Å². The highest BCUT2D eigenvalue weighted by molar-refractivity contribution is 6.01. The Balaban J connectivity index is 1.45. The molecule has 0 radical (unpaired) electrons. The lowest BCUT2D eigenvalue weighted by Crippen LogP contribution is -2.58. The first kappa shape index (κ1) is 26.3. The third-order valence-electron chi connectivity index (χ3n) is 7.96. The number of hydrogen-bond acceptors (Lipinski definition) is 5. The number of Topliss-reactive ketones (excluding diaryl/α,β-unsaturated/α-hetero) is 1. The van der Waals surface area contributed by atoms with Crippen molar-refractivity contribution < 1.29 is 26.7 Å². The number of para-hydroxylation sites is 1. The van der Waals surface area contributed by atoms with Crippen LogP contribution in [0.15, 0.2) is 65.7 Å². The quantitative estimate of drug-likeness (QED) is 0.339. The van der Waals surface area contributed by atoms with E-state index in [0.29, 0.717) is 37.6 Å². The number of fused-ring (bicyclic) bond motifs is 4. The molecule has 3 aliphatic heterocycles. The van der Waals surface area contributed by atoms with Gasteiger partial charge >= 0.3 is 6.18 Å². The fourth-order valence-electron chi connectivity index (χ4n) is 6.04. The Morgan fingerprint density at radius 3 is 2.60 bits per heavy atom. The summed E-state index contributed by atoms with van der Waals surface area (Å²) in [6, 6.07) is 13.4. The molecule has 3 heterocycles. The third-order valence-corrected chi connectivity index (χ3v) is 7.96. The van der Waals surface area contributed by atoms with Crippen molar-refractivity contribution in [3.05, 3.63) is 89.0 Å². The van der Waals surface area contributed by atoms with Gasteiger partial charge in [-0.3, -0.25) is 4.79 Å². The number of hydrogen-bond donors (Lipinski definition) is 0. The predicted molar refractivity (Wildman–Crippen MR) is 143 cm³/mol. The molecule has 2 unspecified atom stereocenters. The number of piperazine rings is 1. The van der Waals surface area contributed by atoms with Crippen LogP contribution < -0.4 is 9.80 Å². The summed E-state index contributed by atoms with van der Waals surface area (Å²) in [5, 5.41) is 0. The fourth-order valence-corrected chi connectivity index (χ4v) is 6.04. The molecule has 0 saturated carbocycles. The minimum atomic E-state index is -4.57. The van der Waals surface area contributed by atoms with Gasteiger partial charge in [0, 0.05) is 49.4 Å². The first-order valence-electron chi connectivity index (χ1n) is 13.3. The Bertz CT molecular complexity index is 1500. The molecular weight excluding hydrogens is 527 g/mol. The summed E-state index contributed by atoms with van der Waals surface area (Å²) in [5.41, 5.74) is 1.80. The first-order chi connectivity index (χ1) is 19.1. The van der Waals surface area contributed by atoms with Gasteiger partial charge in [0.2, 0.25) is 5.96 Å². The van der Waals surface area contributed by atoms with Crippen LogP contribution in [-0.4, -0.2) is 42.3 Å². The summed E-state index contributed by atoms with van der Waals surface area (Å²) in [4.78, 5) is 23.3. The van der Waals surface area contributed by atoms with E-state index < -0.39 is 23.6 Å². The largest absolute Gasteiger partial charge is 0.416 e. The first-order valence-corrected chi connectivity index (χ1v) is 13.3. The van der Waals surface area contributed by atoms with E-state index in [9.17, 15) is 22.4 Å². The lowest BCUT2D eigenvalue weighted by molar-refractivity contribution is -0.137. The van der Waals surface area contributed by atoms with E-state index in [1.54, 1.807) is 30.0 Å². The second-order valence-electron chi connectivity index (χ2n) is 10.4. The van der Waals surface area contributed by atoms with Gasteiger partial charge in [-0.2, -0.15) is 13.2 Å². The summed E-state index contributed by atoms with van der Waals surface area (Å²) >= 11 is 0. The highest BCUT2D eigenvalue weighted by atomic mass is 19.4. The number of aliphatic imine (C=N–C) groups is 1. The molecule has 208 valence electrons. The fraction of sp³-hybridized carbons (Fsp3) is 0.333. The number of carbonyl (C=O) groups excluding carboxylic acids is 1.